The molecule has 1 N–H and O–H groups in total. The van der Waals surface area contributed by atoms with Crippen molar-refractivity contribution < 1.29 is 4.74 Å². The Bertz CT molecular complexity index is 1110. The highest BCUT2D eigenvalue weighted by molar-refractivity contribution is 5.91. The van der Waals surface area contributed by atoms with Crippen LogP contribution in [-0.2, 0) is 4.74 Å². The molecule has 1 aromatic carbocycles. The summed E-state index contributed by atoms with van der Waals surface area (Å²) < 4.78 is 5.61. The maximum absolute atomic E-state index is 5.61. The second-order valence-electron chi connectivity index (χ2n) is 7.02. The fourth-order valence-corrected chi connectivity index (χ4v) is 3.68. The monoisotopic (exact) mass is 371 g/mol. The molecule has 4 aromatic rings. The number of H-pyrrole nitrogens is 1. The highest BCUT2D eigenvalue weighted by Crippen LogP contribution is 2.30. The summed E-state index contributed by atoms with van der Waals surface area (Å²) in [6.07, 6.45) is 3.69. The van der Waals surface area contributed by atoms with E-state index in [1.807, 2.05) is 36.5 Å². The number of hydrogen-bond donors (Lipinski definition) is 1. The zero-order valence-corrected chi connectivity index (χ0v) is 15.7. The Balaban J connectivity index is 1.70. The average molecular weight is 371 g/mol. The number of rotatable bonds is 3. The van der Waals surface area contributed by atoms with Crippen LogP contribution in [0.3, 0.4) is 0 Å². The zero-order chi connectivity index (χ0) is 18.9. The lowest BCUT2D eigenvalue weighted by atomic mass is 10.1. The van der Waals surface area contributed by atoms with Crippen LogP contribution in [0.4, 0.5) is 5.82 Å². The molecule has 140 valence electrons. The highest BCUT2D eigenvalue weighted by atomic mass is 16.5. The summed E-state index contributed by atoms with van der Waals surface area (Å²) in [5, 5.41) is 1.02. The van der Waals surface area contributed by atoms with Crippen molar-refractivity contribution in [2.24, 2.45) is 0 Å². The molecule has 0 radical (unpaired) electrons. The van der Waals surface area contributed by atoms with Gasteiger partial charge in [-0.1, -0.05) is 30.3 Å². The van der Waals surface area contributed by atoms with Gasteiger partial charge in [0.2, 0.25) is 0 Å². The number of nitrogens with one attached hydrogen (secondary N) is 1. The lowest BCUT2D eigenvalue weighted by molar-refractivity contribution is 0.0985. The number of aromatic nitrogens is 4. The van der Waals surface area contributed by atoms with Gasteiger partial charge in [0.05, 0.1) is 24.9 Å². The molecule has 6 nitrogen and oxygen atoms in total. The van der Waals surface area contributed by atoms with Gasteiger partial charge in [-0.2, -0.15) is 0 Å². The lowest BCUT2D eigenvalue weighted by Gasteiger charge is -2.34. The van der Waals surface area contributed by atoms with Crippen molar-refractivity contribution in [1.82, 2.24) is 19.9 Å². The van der Waals surface area contributed by atoms with Crippen molar-refractivity contribution in [3.63, 3.8) is 0 Å². The SMILES string of the molecule is CC1COCCN1c1cc(-c2ccccc2)nc(-c2ccnc3[nH]ccc23)n1. The first kappa shape index (κ1) is 16.9. The number of morpholine rings is 1. The molecule has 0 spiro atoms. The van der Waals surface area contributed by atoms with Gasteiger partial charge in [0.1, 0.15) is 11.5 Å². The molecule has 5 rings (SSSR count). The number of benzene rings is 1. The van der Waals surface area contributed by atoms with Gasteiger partial charge in [0, 0.05) is 41.5 Å². The van der Waals surface area contributed by atoms with Crippen LogP contribution in [-0.4, -0.2) is 45.7 Å². The third kappa shape index (κ3) is 3.01. The van der Waals surface area contributed by atoms with Gasteiger partial charge in [-0.3, -0.25) is 0 Å². The minimum Gasteiger partial charge on any atom is -0.377 e. The molecule has 1 unspecified atom stereocenters. The largest absolute Gasteiger partial charge is 0.377 e. The summed E-state index contributed by atoms with van der Waals surface area (Å²) in [5.74, 6) is 1.64. The quantitative estimate of drug-likeness (QED) is 0.591. The Labute approximate surface area is 163 Å². The van der Waals surface area contributed by atoms with Crippen molar-refractivity contribution in [2.45, 2.75) is 13.0 Å². The number of ether oxygens (including phenoxy) is 1. The van der Waals surface area contributed by atoms with E-state index in [-0.39, 0.29) is 6.04 Å². The molecule has 3 aromatic heterocycles. The molecule has 28 heavy (non-hydrogen) atoms. The van der Waals surface area contributed by atoms with Crippen LogP contribution >= 0.6 is 0 Å². The minimum absolute atomic E-state index is 0.268. The summed E-state index contributed by atoms with van der Waals surface area (Å²) in [6.45, 7) is 4.40. The second-order valence-corrected chi connectivity index (χ2v) is 7.02. The Morgan fingerprint density at radius 1 is 1.11 bits per heavy atom. The van der Waals surface area contributed by atoms with Gasteiger partial charge in [-0.05, 0) is 19.1 Å². The molecule has 0 amide bonds. The summed E-state index contributed by atoms with van der Waals surface area (Å²) in [7, 11) is 0. The summed E-state index contributed by atoms with van der Waals surface area (Å²) >= 11 is 0. The first-order chi connectivity index (χ1) is 13.8. The Kier molecular flexibility index (Phi) is 4.25. The summed E-state index contributed by atoms with van der Waals surface area (Å²) in [5.41, 5.74) is 3.81. The maximum Gasteiger partial charge on any atom is 0.162 e. The van der Waals surface area contributed by atoms with Gasteiger partial charge < -0.3 is 14.6 Å². The van der Waals surface area contributed by atoms with Crippen LogP contribution in [0.1, 0.15) is 6.92 Å². The zero-order valence-electron chi connectivity index (χ0n) is 15.7. The topological polar surface area (TPSA) is 66.9 Å². The van der Waals surface area contributed by atoms with Crippen molar-refractivity contribution >= 4 is 16.9 Å². The van der Waals surface area contributed by atoms with Crippen molar-refractivity contribution in [3.05, 3.63) is 60.9 Å². The van der Waals surface area contributed by atoms with Crippen LogP contribution in [0.5, 0.6) is 0 Å². The predicted molar refractivity (Wildman–Crippen MR) is 110 cm³/mol. The van der Waals surface area contributed by atoms with E-state index >= 15 is 0 Å². The highest BCUT2D eigenvalue weighted by Gasteiger charge is 2.22. The van der Waals surface area contributed by atoms with Crippen LogP contribution < -0.4 is 4.90 Å². The third-order valence-corrected chi connectivity index (χ3v) is 5.15. The normalized spacial score (nSPS) is 17.2. The van der Waals surface area contributed by atoms with E-state index in [1.54, 1.807) is 6.20 Å². The van der Waals surface area contributed by atoms with Crippen LogP contribution in [0.15, 0.2) is 60.9 Å². The van der Waals surface area contributed by atoms with Crippen LogP contribution in [0.25, 0.3) is 33.7 Å². The average Bonchev–Trinajstić information content (AvgIpc) is 3.23. The van der Waals surface area contributed by atoms with Crippen molar-refractivity contribution in [2.75, 3.05) is 24.7 Å². The minimum atomic E-state index is 0.268. The predicted octanol–water partition coefficient (Wildman–Crippen LogP) is 3.91. The van der Waals surface area contributed by atoms with Gasteiger partial charge in [-0.15, -0.1) is 0 Å². The second kappa shape index (κ2) is 7.05. The van der Waals surface area contributed by atoms with E-state index < -0.39 is 0 Å². The van der Waals surface area contributed by atoms with Gasteiger partial charge >= 0.3 is 0 Å². The maximum atomic E-state index is 5.61. The number of nitrogens with zero attached hydrogens (tertiary/aromatic N) is 4. The van der Waals surface area contributed by atoms with Crippen molar-refractivity contribution in [1.29, 1.82) is 0 Å². The molecule has 1 aliphatic heterocycles. The summed E-state index contributed by atoms with van der Waals surface area (Å²) in [6, 6.07) is 16.6. The fourth-order valence-electron chi connectivity index (χ4n) is 3.68. The first-order valence-electron chi connectivity index (χ1n) is 9.51. The van der Waals surface area contributed by atoms with Crippen LogP contribution in [0.2, 0.25) is 0 Å². The molecule has 1 fully saturated rings. The molecule has 6 heteroatoms. The number of anilines is 1. The Morgan fingerprint density at radius 2 is 2.00 bits per heavy atom. The van der Waals surface area contributed by atoms with E-state index in [0.717, 1.165) is 40.2 Å². The molecule has 0 bridgehead atoms. The molecule has 1 atom stereocenters. The smallest absolute Gasteiger partial charge is 0.162 e. The van der Waals surface area contributed by atoms with Gasteiger partial charge in [0.25, 0.3) is 0 Å². The molecular weight excluding hydrogens is 350 g/mol. The molecule has 0 aliphatic carbocycles. The standard InChI is InChI=1S/C22H21N5O/c1-15-14-28-12-11-27(15)20-13-19(16-5-3-2-4-6-16)25-22(26-20)18-8-10-24-21-17(18)7-9-23-21/h2-10,13,15H,11-12,14H2,1H3,(H,23,24). The van der Waals surface area contributed by atoms with E-state index in [4.69, 9.17) is 14.7 Å². The molecule has 1 saturated heterocycles. The summed E-state index contributed by atoms with van der Waals surface area (Å²) in [4.78, 5) is 19.7. The van der Waals surface area contributed by atoms with Crippen molar-refractivity contribution in [3.8, 4) is 22.6 Å². The molecule has 1 aliphatic rings. The third-order valence-electron chi connectivity index (χ3n) is 5.15. The molecule has 0 saturated carbocycles. The Hall–Kier alpha value is -3.25. The van der Waals surface area contributed by atoms with Crippen LogP contribution in [0, 0.1) is 0 Å². The number of pyridine rings is 1. The molecular formula is C22H21N5O. The lowest BCUT2D eigenvalue weighted by Crippen LogP contribution is -2.44. The number of hydrogen-bond acceptors (Lipinski definition) is 5. The number of fused-ring (bicyclic) bond motifs is 1. The Morgan fingerprint density at radius 3 is 2.86 bits per heavy atom. The fraction of sp³-hybridized carbons (Fsp3) is 0.227. The van der Waals surface area contributed by atoms with Gasteiger partial charge in [-0.25, -0.2) is 15.0 Å². The van der Waals surface area contributed by atoms with E-state index in [1.165, 1.54) is 0 Å². The van der Waals surface area contributed by atoms with Gasteiger partial charge in [0.15, 0.2) is 5.82 Å². The first-order valence-corrected chi connectivity index (χ1v) is 9.51. The molecule has 4 heterocycles. The van der Waals surface area contributed by atoms with E-state index in [2.05, 4.69) is 40.0 Å². The van der Waals surface area contributed by atoms with E-state index in [9.17, 15) is 0 Å². The van der Waals surface area contributed by atoms with E-state index in [0.29, 0.717) is 19.0 Å². The number of aromatic amines is 1.